The molecule has 0 atom stereocenters. The van der Waals surface area contributed by atoms with E-state index in [0.29, 0.717) is 12.5 Å². The second-order valence-electron chi connectivity index (χ2n) is 5.14. The molecule has 0 fully saturated rings. The van der Waals surface area contributed by atoms with Crippen molar-refractivity contribution in [2.45, 2.75) is 36.6 Å². The highest BCUT2D eigenvalue weighted by Crippen LogP contribution is 2.27. The third-order valence-corrected chi connectivity index (χ3v) is 5.55. The first-order valence-corrected chi connectivity index (χ1v) is 9.34. The van der Waals surface area contributed by atoms with Crippen LogP contribution in [0.25, 0.3) is 0 Å². The van der Waals surface area contributed by atoms with Gasteiger partial charge >= 0.3 is 0 Å². The standard InChI is InChI=1S/C15H19N5S2/c1-21-15-20-19-13(22-15)9-17-14(16)18-12-8-4-6-10-5-2-3-7-11(10)12/h4,6,8H,2-3,5,7,9H2,1H3,(H3,16,17,18). The summed E-state index contributed by atoms with van der Waals surface area (Å²) in [6.45, 7) is 0.464. The largest absolute Gasteiger partial charge is 0.370 e. The average Bonchev–Trinajstić information content (AvgIpc) is 3.01. The molecule has 1 heterocycles. The van der Waals surface area contributed by atoms with Crippen molar-refractivity contribution < 1.29 is 0 Å². The van der Waals surface area contributed by atoms with Gasteiger partial charge in [0, 0.05) is 5.69 Å². The number of thioether (sulfide) groups is 1. The molecule has 2 aromatic rings. The van der Waals surface area contributed by atoms with Gasteiger partial charge in [-0.2, -0.15) is 0 Å². The molecule has 5 nitrogen and oxygen atoms in total. The zero-order chi connectivity index (χ0) is 15.4. The third kappa shape index (κ3) is 3.59. The Hall–Kier alpha value is -1.60. The van der Waals surface area contributed by atoms with E-state index in [1.54, 1.807) is 23.1 Å². The van der Waals surface area contributed by atoms with Crippen molar-refractivity contribution >= 4 is 34.7 Å². The summed E-state index contributed by atoms with van der Waals surface area (Å²) in [6, 6.07) is 6.36. The second kappa shape index (κ2) is 7.11. The molecule has 22 heavy (non-hydrogen) atoms. The zero-order valence-electron chi connectivity index (χ0n) is 12.5. The topological polar surface area (TPSA) is 76.2 Å². The molecule has 7 heteroatoms. The van der Waals surface area contributed by atoms with Crippen molar-refractivity contribution in [3.8, 4) is 0 Å². The molecule has 0 unspecified atom stereocenters. The van der Waals surface area contributed by atoms with Gasteiger partial charge in [0.05, 0.1) is 6.54 Å². The molecule has 0 bridgehead atoms. The van der Waals surface area contributed by atoms with Crippen molar-refractivity contribution in [3.63, 3.8) is 0 Å². The zero-order valence-corrected chi connectivity index (χ0v) is 14.1. The number of aliphatic imine (C=N–C) groups is 1. The van der Waals surface area contributed by atoms with Crippen molar-refractivity contribution in [3.05, 3.63) is 34.3 Å². The Kier molecular flexibility index (Phi) is 4.94. The maximum Gasteiger partial charge on any atom is 0.193 e. The first-order valence-electron chi connectivity index (χ1n) is 7.30. The molecule has 3 N–H and O–H groups in total. The highest BCUT2D eigenvalue weighted by atomic mass is 32.2. The van der Waals surface area contributed by atoms with Crippen LogP contribution in [0.2, 0.25) is 0 Å². The van der Waals surface area contributed by atoms with Gasteiger partial charge in [-0.05, 0) is 49.1 Å². The van der Waals surface area contributed by atoms with Crippen LogP contribution < -0.4 is 11.1 Å². The van der Waals surface area contributed by atoms with Gasteiger partial charge in [0.25, 0.3) is 0 Å². The number of nitrogens with two attached hydrogens (primary N) is 1. The number of aromatic nitrogens is 2. The van der Waals surface area contributed by atoms with Gasteiger partial charge in [-0.3, -0.25) is 0 Å². The van der Waals surface area contributed by atoms with E-state index in [4.69, 9.17) is 5.73 Å². The summed E-state index contributed by atoms with van der Waals surface area (Å²) in [7, 11) is 0. The Morgan fingerprint density at radius 1 is 1.36 bits per heavy atom. The number of hydrogen-bond acceptors (Lipinski definition) is 5. The van der Waals surface area contributed by atoms with Crippen LogP contribution in [-0.2, 0) is 19.4 Å². The summed E-state index contributed by atoms with van der Waals surface area (Å²) in [5, 5.41) is 12.3. The molecule has 116 valence electrons. The Labute approximate surface area is 138 Å². The summed E-state index contributed by atoms with van der Waals surface area (Å²) in [4.78, 5) is 4.37. The fourth-order valence-electron chi connectivity index (χ4n) is 2.61. The van der Waals surface area contributed by atoms with Crippen LogP contribution in [0.15, 0.2) is 27.5 Å². The molecule has 0 aliphatic heterocycles. The molecule has 1 aliphatic carbocycles. The number of aryl methyl sites for hydroxylation is 1. The first kappa shape index (κ1) is 15.3. The number of fused-ring (bicyclic) bond motifs is 1. The van der Waals surface area contributed by atoms with Crippen molar-refractivity contribution in [1.29, 1.82) is 0 Å². The SMILES string of the molecule is CSc1nnc(CN=C(N)Nc2cccc3c2CCCC3)s1. The summed E-state index contributed by atoms with van der Waals surface area (Å²) in [5.41, 5.74) is 9.91. The summed E-state index contributed by atoms with van der Waals surface area (Å²) in [6.07, 6.45) is 6.77. The van der Waals surface area contributed by atoms with Crippen LogP contribution in [0, 0.1) is 0 Å². The number of rotatable bonds is 4. The van der Waals surface area contributed by atoms with Crippen molar-refractivity contribution in [2.24, 2.45) is 10.7 Å². The Morgan fingerprint density at radius 3 is 3.05 bits per heavy atom. The lowest BCUT2D eigenvalue weighted by Gasteiger charge is -2.19. The summed E-state index contributed by atoms with van der Waals surface area (Å²) in [5.74, 6) is 0.430. The van der Waals surface area contributed by atoms with Gasteiger partial charge in [-0.25, -0.2) is 4.99 Å². The number of nitrogens with one attached hydrogen (secondary N) is 1. The minimum absolute atomic E-state index is 0.430. The highest BCUT2D eigenvalue weighted by Gasteiger charge is 2.13. The van der Waals surface area contributed by atoms with E-state index < -0.39 is 0 Å². The van der Waals surface area contributed by atoms with E-state index in [1.165, 1.54) is 24.0 Å². The van der Waals surface area contributed by atoms with Crippen LogP contribution in [0.4, 0.5) is 5.69 Å². The van der Waals surface area contributed by atoms with E-state index >= 15 is 0 Å². The van der Waals surface area contributed by atoms with Crippen LogP contribution in [0.1, 0.15) is 29.0 Å². The van der Waals surface area contributed by atoms with Gasteiger partial charge in [-0.15, -0.1) is 10.2 Å². The summed E-state index contributed by atoms with van der Waals surface area (Å²) >= 11 is 3.15. The van der Waals surface area contributed by atoms with Gasteiger partial charge in [0.1, 0.15) is 5.01 Å². The Balaban J connectivity index is 1.68. The minimum atomic E-state index is 0.430. The monoisotopic (exact) mass is 333 g/mol. The van der Waals surface area contributed by atoms with Crippen LogP contribution in [-0.4, -0.2) is 22.4 Å². The van der Waals surface area contributed by atoms with Gasteiger partial charge < -0.3 is 11.1 Å². The molecule has 0 saturated carbocycles. The maximum absolute atomic E-state index is 6.02. The Morgan fingerprint density at radius 2 is 2.23 bits per heavy atom. The molecule has 0 radical (unpaired) electrons. The van der Waals surface area contributed by atoms with E-state index in [0.717, 1.165) is 27.9 Å². The molecule has 1 aliphatic rings. The average molecular weight is 333 g/mol. The van der Waals surface area contributed by atoms with E-state index in [9.17, 15) is 0 Å². The molecule has 0 amide bonds. The number of nitrogens with zero attached hydrogens (tertiary/aromatic N) is 3. The van der Waals surface area contributed by atoms with Gasteiger partial charge in [0.15, 0.2) is 10.3 Å². The summed E-state index contributed by atoms with van der Waals surface area (Å²) < 4.78 is 0.953. The van der Waals surface area contributed by atoms with Crippen LogP contribution >= 0.6 is 23.1 Å². The highest BCUT2D eigenvalue weighted by molar-refractivity contribution is 8.00. The molecule has 3 rings (SSSR count). The maximum atomic E-state index is 6.02. The van der Waals surface area contributed by atoms with Crippen LogP contribution in [0.5, 0.6) is 0 Å². The Bertz CT molecular complexity index is 680. The lowest BCUT2D eigenvalue weighted by Crippen LogP contribution is -2.24. The van der Waals surface area contributed by atoms with Gasteiger partial charge in [-0.1, -0.05) is 35.2 Å². The fraction of sp³-hybridized carbons (Fsp3) is 0.400. The fourth-order valence-corrected chi connectivity index (χ4v) is 3.85. The van der Waals surface area contributed by atoms with Crippen LogP contribution in [0.3, 0.4) is 0 Å². The van der Waals surface area contributed by atoms with E-state index in [-0.39, 0.29) is 0 Å². The normalized spacial score (nSPS) is 14.7. The minimum Gasteiger partial charge on any atom is -0.370 e. The van der Waals surface area contributed by atoms with E-state index in [2.05, 4.69) is 38.7 Å². The number of hydrogen-bond donors (Lipinski definition) is 2. The lowest BCUT2D eigenvalue weighted by atomic mass is 9.90. The molecule has 1 aromatic carbocycles. The van der Waals surface area contributed by atoms with E-state index in [1.807, 2.05) is 6.26 Å². The van der Waals surface area contributed by atoms with Gasteiger partial charge in [0.2, 0.25) is 0 Å². The third-order valence-electron chi connectivity index (χ3n) is 3.67. The molecule has 0 saturated heterocycles. The van der Waals surface area contributed by atoms with Crippen molar-refractivity contribution in [1.82, 2.24) is 10.2 Å². The number of anilines is 1. The predicted molar refractivity (Wildman–Crippen MR) is 93.7 cm³/mol. The predicted octanol–water partition coefficient (Wildman–Crippen LogP) is 3.07. The molecular weight excluding hydrogens is 314 g/mol. The molecular formula is C15H19N5S2. The first-order chi connectivity index (χ1) is 10.8. The molecule has 0 spiro atoms. The molecule has 1 aromatic heterocycles. The lowest BCUT2D eigenvalue weighted by molar-refractivity contribution is 0.687. The second-order valence-corrected chi connectivity index (χ2v) is 7.26. The smallest absolute Gasteiger partial charge is 0.193 e. The van der Waals surface area contributed by atoms with Crippen molar-refractivity contribution in [2.75, 3.05) is 11.6 Å². The number of benzene rings is 1. The number of guanidine groups is 1. The quantitative estimate of drug-likeness (QED) is 0.511.